The zero-order valence-electron chi connectivity index (χ0n) is 19.4. The third-order valence-corrected chi connectivity index (χ3v) is 8.00. The van der Waals surface area contributed by atoms with E-state index >= 15 is 0 Å². The highest BCUT2D eigenvalue weighted by molar-refractivity contribution is 5.89. The van der Waals surface area contributed by atoms with Gasteiger partial charge in [0.2, 0.25) is 0 Å². The first-order valence-electron chi connectivity index (χ1n) is 11.3. The lowest BCUT2D eigenvalue weighted by Gasteiger charge is -2.42. The molecule has 1 saturated carbocycles. The van der Waals surface area contributed by atoms with Gasteiger partial charge in [0.05, 0.1) is 29.3 Å². The predicted octanol–water partition coefficient (Wildman–Crippen LogP) is 3.14. The highest BCUT2D eigenvalue weighted by Crippen LogP contribution is 2.59. The summed E-state index contributed by atoms with van der Waals surface area (Å²) in [6, 6.07) is 0. The molecular formula is C24H34O7. The minimum Gasteiger partial charge on any atom is -0.462 e. The Bertz CT molecular complexity index is 828. The van der Waals surface area contributed by atoms with Crippen molar-refractivity contribution >= 4 is 17.7 Å². The highest BCUT2D eigenvalue weighted by atomic mass is 16.6. The zero-order valence-corrected chi connectivity index (χ0v) is 19.4. The molecule has 172 valence electrons. The van der Waals surface area contributed by atoms with Crippen molar-refractivity contribution in [1.82, 2.24) is 0 Å². The molecule has 0 aromatic rings. The van der Waals surface area contributed by atoms with Crippen LogP contribution in [-0.4, -0.2) is 53.8 Å². The van der Waals surface area contributed by atoms with Crippen LogP contribution in [0.3, 0.4) is 0 Å². The molecule has 0 radical (unpaired) electrons. The molecule has 31 heavy (non-hydrogen) atoms. The Labute approximate surface area is 183 Å². The fourth-order valence-electron chi connectivity index (χ4n) is 5.97. The Kier molecular flexibility index (Phi) is 5.37. The van der Waals surface area contributed by atoms with Crippen LogP contribution in [0, 0.1) is 17.3 Å². The zero-order chi connectivity index (χ0) is 22.8. The Morgan fingerprint density at radius 3 is 2.32 bits per heavy atom. The number of hydrogen-bond acceptors (Lipinski definition) is 7. The van der Waals surface area contributed by atoms with Gasteiger partial charge in [0, 0.05) is 38.5 Å². The molecule has 7 heteroatoms. The van der Waals surface area contributed by atoms with Crippen molar-refractivity contribution in [3.63, 3.8) is 0 Å². The Morgan fingerprint density at radius 2 is 1.74 bits per heavy atom. The minimum absolute atomic E-state index is 0.0179. The van der Waals surface area contributed by atoms with Crippen molar-refractivity contribution in [2.45, 2.75) is 96.7 Å². The lowest BCUT2D eigenvalue weighted by atomic mass is 9.66. The average molecular weight is 435 g/mol. The number of carbonyl (C=O) groups excluding carboxylic acids is 3. The normalized spacial score (nSPS) is 46.7. The van der Waals surface area contributed by atoms with E-state index in [1.54, 1.807) is 0 Å². The molecule has 8 atom stereocenters. The molecule has 0 spiro atoms. The maximum Gasteiger partial charge on any atom is 0.303 e. The lowest BCUT2D eigenvalue weighted by molar-refractivity contribution is -0.167. The third kappa shape index (κ3) is 3.95. The Morgan fingerprint density at radius 1 is 1.10 bits per heavy atom. The lowest BCUT2D eigenvalue weighted by Crippen LogP contribution is -2.51. The maximum atomic E-state index is 13.6. The van der Waals surface area contributed by atoms with Gasteiger partial charge in [-0.3, -0.25) is 14.4 Å². The van der Waals surface area contributed by atoms with Crippen LogP contribution < -0.4 is 0 Å². The highest BCUT2D eigenvalue weighted by Gasteiger charge is 2.68. The van der Waals surface area contributed by atoms with Gasteiger partial charge in [-0.2, -0.15) is 0 Å². The molecular weight excluding hydrogens is 400 g/mol. The SMILES string of the molecule is CC(=O)OC1CC2(C)OC2CCC(C)=CC(OC(C)=O)C2(C)C(=O)CC(C3(C)CO3)C12. The number of rotatable bonds is 3. The van der Waals surface area contributed by atoms with E-state index in [2.05, 4.69) is 0 Å². The van der Waals surface area contributed by atoms with E-state index in [1.165, 1.54) is 13.8 Å². The summed E-state index contributed by atoms with van der Waals surface area (Å²) >= 11 is 0. The number of carbonyl (C=O) groups is 3. The molecule has 0 aromatic carbocycles. The number of ketones is 1. The van der Waals surface area contributed by atoms with Gasteiger partial charge >= 0.3 is 11.9 Å². The van der Waals surface area contributed by atoms with Crippen LogP contribution >= 0.6 is 0 Å². The van der Waals surface area contributed by atoms with E-state index < -0.39 is 40.8 Å². The van der Waals surface area contributed by atoms with Crippen LogP contribution in [0.25, 0.3) is 0 Å². The number of ether oxygens (including phenoxy) is 4. The van der Waals surface area contributed by atoms with Crippen molar-refractivity contribution < 1.29 is 33.3 Å². The quantitative estimate of drug-likeness (QED) is 0.383. The van der Waals surface area contributed by atoms with Gasteiger partial charge in [-0.05, 0) is 46.6 Å². The summed E-state index contributed by atoms with van der Waals surface area (Å²) in [5.74, 6) is -1.30. The molecule has 0 amide bonds. The first kappa shape index (κ1) is 22.5. The molecule has 4 rings (SSSR count). The standard InChI is InChI=1S/C24H34O7/c1-13-7-8-19-22(4,31-19)11-17(29-14(2)25)21-16(23(5)12-28-23)10-18(27)24(21,6)20(9-13)30-15(3)26/h9,16-17,19-21H,7-8,10-12H2,1-6H3. The molecule has 8 unspecified atom stereocenters. The third-order valence-electron chi connectivity index (χ3n) is 8.00. The largest absolute Gasteiger partial charge is 0.462 e. The summed E-state index contributed by atoms with van der Waals surface area (Å²) in [5, 5.41) is 0. The Balaban J connectivity index is 1.85. The number of Topliss-reactive ketones (excluding diaryl/α,β-unsaturated/α-hetero) is 1. The second-order valence-corrected chi connectivity index (χ2v) is 10.5. The van der Waals surface area contributed by atoms with Crippen molar-refractivity contribution in [2.24, 2.45) is 17.3 Å². The van der Waals surface area contributed by atoms with Crippen LogP contribution in [0.5, 0.6) is 0 Å². The summed E-state index contributed by atoms with van der Waals surface area (Å²) in [7, 11) is 0. The van der Waals surface area contributed by atoms with Crippen molar-refractivity contribution in [3.8, 4) is 0 Å². The van der Waals surface area contributed by atoms with Gasteiger partial charge in [-0.25, -0.2) is 0 Å². The second-order valence-electron chi connectivity index (χ2n) is 10.5. The second kappa shape index (κ2) is 7.41. The molecule has 0 aromatic heterocycles. The van der Waals surface area contributed by atoms with Crippen LogP contribution in [0.1, 0.15) is 67.2 Å². The minimum atomic E-state index is -1.03. The van der Waals surface area contributed by atoms with Gasteiger partial charge < -0.3 is 18.9 Å². The smallest absolute Gasteiger partial charge is 0.303 e. The molecule has 2 aliphatic carbocycles. The first-order chi connectivity index (χ1) is 14.4. The molecule has 4 aliphatic rings. The molecule has 3 fully saturated rings. The monoisotopic (exact) mass is 434 g/mol. The van der Waals surface area contributed by atoms with Crippen LogP contribution in [0.2, 0.25) is 0 Å². The van der Waals surface area contributed by atoms with Crippen molar-refractivity contribution in [2.75, 3.05) is 6.61 Å². The number of allylic oxidation sites excluding steroid dienone is 1. The van der Waals surface area contributed by atoms with Gasteiger partial charge in [0.1, 0.15) is 18.0 Å². The molecule has 7 nitrogen and oxygen atoms in total. The van der Waals surface area contributed by atoms with Gasteiger partial charge in [-0.15, -0.1) is 0 Å². The molecule has 0 N–H and O–H groups in total. The number of epoxide rings is 2. The molecule has 0 bridgehead atoms. The van der Waals surface area contributed by atoms with E-state index in [9.17, 15) is 14.4 Å². The van der Waals surface area contributed by atoms with E-state index in [4.69, 9.17) is 18.9 Å². The van der Waals surface area contributed by atoms with E-state index in [-0.39, 0.29) is 23.7 Å². The van der Waals surface area contributed by atoms with Gasteiger partial charge in [0.25, 0.3) is 0 Å². The Hall–Kier alpha value is -1.73. The first-order valence-corrected chi connectivity index (χ1v) is 11.3. The van der Waals surface area contributed by atoms with Crippen molar-refractivity contribution in [3.05, 3.63) is 11.6 Å². The van der Waals surface area contributed by atoms with E-state index in [0.717, 1.165) is 18.4 Å². The number of esters is 2. The van der Waals surface area contributed by atoms with Crippen molar-refractivity contribution in [1.29, 1.82) is 0 Å². The van der Waals surface area contributed by atoms with Gasteiger partial charge in [-0.1, -0.05) is 5.57 Å². The summed E-state index contributed by atoms with van der Waals surface area (Å²) in [4.78, 5) is 37.8. The average Bonchev–Trinajstić information content (AvgIpc) is 3.51. The molecule has 2 saturated heterocycles. The summed E-state index contributed by atoms with van der Waals surface area (Å²) in [5.41, 5.74) is -0.817. The topological polar surface area (TPSA) is 94.7 Å². The van der Waals surface area contributed by atoms with Crippen LogP contribution in [-0.2, 0) is 33.3 Å². The number of hydrogen-bond donors (Lipinski definition) is 0. The van der Waals surface area contributed by atoms with E-state index in [1.807, 2.05) is 33.8 Å². The maximum absolute atomic E-state index is 13.6. The van der Waals surface area contributed by atoms with Gasteiger partial charge in [0.15, 0.2) is 0 Å². The predicted molar refractivity (Wildman–Crippen MR) is 111 cm³/mol. The summed E-state index contributed by atoms with van der Waals surface area (Å²) < 4.78 is 23.5. The molecule has 2 aliphatic heterocycles. The summed E-state index contributed by atoms with van der Waals surface area (Å²) in [6.07, 6.45) is 3.16. The summed E-state index contributed by atoms with van der Waals surface area (Å²) in [6.45, 7) is 11.2. The number of fused-ring (bicyclic) bond motifs is 2. The molecule has 2 heterocycles. The fourth-order valence-corrected chi connectivity index (χ4v) is 5.97. The van der Waals surface area contributed by atoms with Crippen LogP contribution in [0.15, 0.2) is 11.6 Å². The van der Waals surface area contributed by atoms with Crippen LogP contribution in [0.4, 0.5) is 0 Å². The van der Waals surface area contributed by atoms with E-state index in [0.29, 0.717) is 19.4 Å². The fraction of sp³-hybridized carbons (Fsp3) is 0.792.